The molecule has 0 unspecified atom stereocenters. The van der Waals surface area contributed by atoms with Crippen LogP contribution in [0.25, 0.3) is 0 Å². The molecule has 0 amide bonds. The second-order valence-electron chi connectivity index (χ2n) is 4.41. The van der Waals surface area contributed by atoms with Crippen molar-refractivity contribution in [1.29, 1.82) is 0 Å². The lowest BCUT2D eigenvalue weighted by Crippen LogP contribution is -2.13. The molecule has 2 rings (SSSR count). The number of aromatic nitrogens is 1. The average Bonchev–Trinajstić information content (AvgIpc) is 2.43. The van der Waals surface area contributed by atoms with E-state index in [9.17, 15) is 0 Å². The standard InChI is InChI=1S/C15H16BrClN2O/c1-3-18-8-11-6-12(16)9-19-15(11)20-14-7-13(17)5-4-10(14)2/h4-7,9,18H,3,8H2,1-2H3. The second kappa shape index (κ2) is 7.07. The highest BCUT2D eigenvalue weighted by molar-refractivity contribution is 9.10. The molecule has 2 aromatic rings. The van der Waals surface area contributed by atoms with E-state index in [1.54, 1.807) is 12.3 Å². The summed E-state index contributed by atoms with van der Waals surface area (Å²) in [5.74, 6) is 1.32. The zero-order valence-electron chi connectivity index (χ0n) is 11.4. The largest absolute Gasteiger partial charge is 0.438 e. The molecule has 3 nitrogen and oxygen atoms in total. The number of pyridine rings is 1. The second-order valence-corrected chi connectivity index (χ2v) is 5.76. The Morgan fingerprint density at radius 3 is 2.90 bits per heavy atom. The molecule has 0 fully saturated rings. The van der Waals surface area contributed by atoms with Crippen LogP contribution in [-0.2, 0) is 6.54 Å². The smallest absolute Gasteiger partial charge is 0.223 e. The Hall–Kier alpha value is -1.10. The third kappa shape index (κ3) is 3.95. The molecular weight excluding hydrogens is 340 g/mol. The molecular formula is C15H16BrClN2O. The summed E-state index contributed by atoms with van der Waals surface area (Å²) in [4.78, 5) is 4.35. The maximum atomic E-state index is 6.01. The highest BCUT2D eigenvalue weighted by Gasteiger charge is 2.09. The van der Waals surface area contributed by atoms with Crippen molar-refractivity contribution >= 4 is 27.5 Å². The van der Waals surface area contributed by atoms with E-state index in [1.807, 2.05) is 25.1 Å². The molecule has 0 spiro atoms. The number of nitrogens with zero attached hydrogens (tertiary/aromatic N) is 1. The van der Waals surface area contributed by atoms with Crippen molar-refractivity contribution in [2.75, 3.05) is 6.54 Å². The number of rotatable bonds is 5. The number of aryl methyl sites for hydroxylation is 1. The molecule has 0 aliphatic heterocycles. The molecule has 0 saturated carbocycles. The van der Waals surface area contributed by atoms with Crippen LogP contribution in [0.4, 0.5) is 0 Å². The first-order chi connectivity index (χ1) is 9.60. The molecule has 20 heavy (non-hydrogen) atoms. The summed E-state index contributed by atoms with van der Waals surface area (Å²) in [6, 6.07) is 7.58. The van der Waals surface area contributed by atoms with Crippen LogP contribution >= 0.6 is 27.5 Å². The van der Waals surface area contributed by atoms with Crippen molar-refractivity contribution in [3.05, 3.63) is 51.1 Å². The molecule has 5 heteroatoms. The molecule has 0 atom stereocenters. The fourth-order valence-electron chi connectivity index (χ4n) is 1.73. The number of halogens is 2. The van der Waals surface area contributed by atoms with Gasteiger partial charge in [-0.05, 0) is 53.2 Å². The molecule has 0 aliphatic rings. The molecule has 0 radical (unpaired) electrons. The maximum Gasteiger partial charge on any atom is 0.223 e. The lowest BCUT2D eigenvalue weighted by molar-refractivity contribution is 0.450. The highest BCUT2D eigenvalue weighted by atomic mass is 79.9. The Bertz CT molecular complexity index is 604. The Morgan fingerprint density at radius 1 is 1.35 bits per heavy atom. The van der Waals surface area contributed by atoms with Gasteiger partial charge in [0, 0.05) is 27.8 Å². The summed E-state index contributed by atoms with van der Waals surface area (Å²) in [6.45, 7) is 5.64. The summed E-state index contributed by atoms with van der Waals surface area (Å²) in [5, 5.41) is 3.93. The van der Waals surface area contributed by atoms with Gasteiger partial charge in [0.2, 0.25) is 5.88 Å². The fourth-order valence-corrected chi connectivity index (χ4v) is 2.28. The summed E-state index contributed by atoms with van der Waals surface area (Å²) >= 11 is 9.44. The quantitative estimate of drug-likeness (QED) is 0.843. The van der Waals surface area contributed by atoms with Crippen molar-refractivity contribution in [2.45, 2.75) is 20.4 Å². The van der Waals surface area contributed by atoms with Gasteiger partial charge in [-0.15, -0.1) is 0 Å². The van der Waals surface area contributed by atoms with E-state index in [4.69, 9.17) is 16.3 Å². The predicted octanol–water partition coefficient (Wildman–Crippen LogP) is 4.71. The van der Waals surface area contributed by atoms with Crippen LogP contribution in [0.15, 0.2) is 34.9 Å². The SMILES string of the molecule is CCNCc1cc(Br)cnc1Oc1cc(Cl)ccc1C. The van der Waals surface area contributed by atoms with Gasteiger partial charge >= 0.3 is 0 Å². The van der Waals surface area contributed by atoms with E-state index < -0.39 is 0 Å². The van der Waals surface area contributed by atoms with Gasteiger partial charge in [0.25, 0.3) is 0 Å². The number of nitrogens with one attached hydrogen (secondary N) is 1. The Balaban J connectivity index is 2.30. The van der Waals surface area contributed by atoms with Crippen LogP contribution in [0.2, 0.25) is 5.02 Å². The van der Waals surface area contributed by atoms with Gasteiger partial charge < -0.3 is 10.1 Å². The summed E-state index contributed by atoms with van der Waals surface area (Å²) < 4.78 is 6.85. The molecule has 106 valence electrons. The minimum Gasteiger partial charge on any atom is -0.438 e. The van der Waals surface area contributed by atoms with Gasteiger partial charge in [0.05, 0.1) is 0 Å². The highest BCUT2D eigenvalue weighted by Crippen LogP contribution is 2.29. The number of ether oxygens (including phenoxy) is 1. The van der Waals surface area contributed by atoms with Gasteiger partial charge in [-0.2, -0.15) is 0 Å². The molecule has 1 aromatic heterocycles. The van der Waals surface area contributed by atoms with E-state index in [1.165, 1.54) is 0 Å². The van der Waals surface area contributed by atoms with Crippen LogP contribution in [0.5, 0.6) is 11.6 Å². The van der Waals surface area contributed by atoms with Gasteiger partial charge in [-0.25, -0.2) is 4.98 Å². The first-order valence-corrected chi connectivity index (χ1v) is 7.56. The molecule has 1 N–H and O–H groups in total. The van der Waals surface area contributed by atoms with E-state index >= 15 is 0 Å². The summed E-state index contributed by atoms with van der Waals surface area (Å²) in [7, 11) is 0. The Morgan fingerprint density at radius 2 is 2.15 bits per heavy atom. The Kier molecular flexibility index (Phi) is 5.40. The lowest BCUT2D eigenvalue weighted by Gasteiger charge is -2.12. The molecule has 1 heterocycles. The van der Waals surface area contributed by atoms with Crippen molar-refractivity contribution < 1.29 is 4.74 Å². The van der Waals surface area contributed by atoms with Gasteiger partial charge in [0.1, 0.15) is 5.75 Å². The van der Waals surface area contributed by atoms with E-state index in [0.29, 0.717) is 17.4 Å². The number of hydrogen-bond acceptors (Lipinski definition) is 3. The molecule has 0 bridgehead atoms. The third-order valence-corrected chi connectivity index (χ3v) is 3.48. The fraction of sp³-hybridized carbons (Fsp3) is 0.267. The maximum absolute atomic E-state index is 6.01. The first-order valence-electron chi connectivity index (χ1n) is 6.39. The lowest BCUT2D eigenvalue weighted by atomic mass is 10.2. The normalized spacial score (nSPS) is 10.6. The van der Waals surface area contributed by atoms with E-state index in [0.717, 1.165) is 27.9 Å². The number of hydrogen-bond donors (Lipinski definition) is 1. The average molecular weight is 356 g/mol. The van der Waals surface area contributed by atoms with Gasteiger partial charge in [0.15, 0.2) is 0 Å². The zero-order valence-corrected chi connectivity index (χ0v) is 13.8. The molecule has 0 aliphatic carbocycles. The summed E-state index contributed by atoms with van der Waals surface area (Å²) in [6.07, 6.45) is 1.73. The minimum atomic E-state index is 0.597. The van der Waals surface area contributed by atoms with Crippen LogP contribution in [0.1, 0.15) is 18.1 Å². The van der Waals surface area contributed by atoms with Crippen molar-refractivity contribution in [3.8, 4) is 11.6 Å². The van der Waals surface area contributed by atoms with Crippen molar-refractivity contribution in [3.63, 3.8) is 0 Å². The zero-order chi connectivity index (χ0) is 14.5. The third-order valence-electron chi connectivity index (χ3n) is 2.81. The molecule has 0 saturated heterocycles. The van der Waals surface area contributed by atoms with Crippen molar-refractivity contribution in [2.24, 2.45) is 0 Å². The predicted molar refractivity (Wildman–Crippen MR) is 85.6 cm³/mol. The monoisotopic (exact) mass is 354 g/mol. The topological polar surface area (TPSA) is 34.2 Å². The van der Waals surface area contributed by atoms with Gasteiger partial charge in [-0.3, -0.25) is 0 Å². The van der Waals surface area contributed by atoms with E-state index in [2.05, 4.69) is 33.2 Å². The van der Waals surface area contributed by atoms with Crippen LogP contribution < -0.4 is 10.1 Å². The van der Waals surface area contributed by atoms with Crippen molar-refractivity contribution in [1.82, 2.24) is 10.3 Å². The van der Waals surface area contributed by atoms with E-state index in [-0.39, 0.29) is 0 Å². The Labute approximate surface area is 132 Å². The van der Waals surface area contributed by atoms with Crippen LogP contribution in [-0.4, -0.2) is 11.5 Å². The summed E-state index contributed by atoms with van der Waals surface area (Å²) in [5.41, 5.74) is 2.02. The number of benzene rings is 1. The first kappa shape index (κ1) is 15.3. The molecule has 1 aromatic carbocycles. The van der Waals surface area contributed by atoms with Gasteiger partial charge in [-0.1, -0.05) is 24.6 Å². The van der Waals surface area contributed by atoms with Crippen LogP contribution in [0, 0.1) is 6.92 Å². The minimum absolute atomic E-state index is 0.597. The van der Waals surface area contributed by atoms with Crippen LogP contribution in [0.3, 0.4) is 0 Å².